The molecule has 0 aliphatic carbocycles. The van der Waals surface area contributed by atoms with E-state index in [0.29, 0.717) is 15.9 Å². The van der Waals surface area contributed by atoms with Crippen LogP contribution in [0.4, 0.5) is 5.82 Å². The Morgan fingerprint density at radius 2 is 2.11 bits per heavy atom. The van der Waals surface area contributed by atoms with E-state index in [2.05, 4.69) is 15.5 Å². The van der Waals surface area contributed by atoms with Gasteiger partial charge < -0.3 is 4.74 Å². The quantitative estimate of drug-likeness (QED) is 0.688. The van der Waals surface area contributed by atoms with Crippen molar-refractivity contribution in [2.45, 2.75) is 0 Å². The van der Waals surface area contributed by atoms with Gasteiger partial charge in [0.15, 0.2) is 5.82 Å². The summed E-state index contributed by atoms with van der Waals surface area (Å²) in [4.78, 5) is 4.03. The van der Waals surface area contributed by atoms with E-state index in [1.54, 1.807) is 19.4 Å². The molecule has 2 rings (SSSR count). The van der Waals surface area contributed by atoms with Crippen molar-refractivity contribution in [3.63, 3.8) is 0 Å². The summed E-state index contributed by atoms with van der Waals surface area (Å²) in [5, 5.41) is 4.95. The number of methoxy groups -OCH3 is 1. The van der Waals surface area contributed by atoms with Crippen LogP contribution in [0.1, 0.15) is 5.56 Å². The van der Waals surface area contributed by atoms with Gasteiger partial charge in [0.05, 0.1) is 23.4 Å². The monoisotopic (exact) mass is 295 g/mol. The van der Waals surface area contributed by atoms with Crippen LogP contribution in [0.5, 0.6) is 5.75 Å². The fourth-order valence-corrected chi connectivity index (χ4v) is 1.86. The zero-order chi connectivity index (χ0) is 13.7. The topological polar surface area (TPSA) is 46.5 Å². The van der Waals surface area contributed by atoms with E-state index in [-0.39, 0.29) is 0 Å². The molecule has 0 aliphatic heterocycles. The Hall–Kier alpha value is -1.78. The van der Waals surface area contributed by atoms with Crippen molar-refractivity contribution < 1.29 is 4.74 Å². The van der Waals surface area contributed by atoms with Gasteiger partial charge in [0, 0.05) is 11.8 Å². The van der Waals surface area contributed by atoms with Crippen molar-refractivity contribution in [2.75, 3.05) is 12.5 Å². The van der Waals surface area contributed by atoms with E-state index in [1.807, 2.05) is 24.3 Å². The highest BCUT2D eigenvalue weighted by Gasteiger charge is 2.01. The van der Waals surface area contributed by atoms with Gasteiger partial charge in [0.2, 0.25) is 0 Å². The average Bonchev–Trinajstić information content (AvgIpc) is 2.42. The Bertz CT molecular complexity index is 602. The molecule has 0 aliphatic rings. The number of hydrogen-bond acceptors (Lipinski definition) is 4. The maximum atomic E-state index is 5.96. The van der Waals surface area contributed by atoms with Crippen molar-refractivity contribution in [3.8, 4) is 5.75 Å². The maximum absolute atomic E-state index is 5.96. The number of rotatable bonds is 4. The molecule has 98 valence electrons. The lowest BCUT2D eigenvalue weighted by molar-refractivity contribution is 0.414. The lowest BCUT2D eigenvalue weighted by Gasteiger charge is -2.04. The summed E-state index contributed by atoms with van der Waals surface area (Å²) in [6, 6.07) is 9.13. The molecule has 6 heteroatoms. The Kier molecular flexibility index (Phi) is 4.60. The summed E-state index contributed by atoms with van der Waals surface area (Å²) in [6.45, 7) is 0. The first kappa shape index (κ1) is 13.6. The number of para-hydroxylation sites is 1. The van der Waals surface area contributed by atoms with Crippen LogP contribution < -0.4 is 10.2 Å². The standard InChI is InChI=1S/C13H11Cl2N3O/c1-19-12-5-3-2-4-9(12)7-17-18-13-11(15)6-10(14)8-16-13/h2-8H,1H3,(H,16,18)/b17-7+. The third-order valence-corrected chi connectivity index (χ3v) is 2.82. The summed E-state index contributed by atoms with van der Waals surface area (Å²) in [7, 11) is 1.61. The van der Waals surface area contributed by atoms with Crippen molar-refractivity contribution in [1.29, 1.82) is 0 Å². The van der Waals surface area contributed by atoms with Crippen LogP contribution in [0.3, 0.4) is 0 Å². The number of hydrazone groups is 1. The number of pyridine rings is 1. The molecule has 0 bridgehead atoms. The molecular formula is C13H11Cl2N3O. The van der Waals surface area contributed by atoms with E-state index >= 15 is 0 Å². The number of ether oxygens (including phenoxy) is 1. The summed E-state index contributed by atoms with van der Waals surface area (Å²) in [5.41, 5.74) is 3.60. The van der Waals surface area contributed by atoms with Crippen LogP contribution in [0.15, 0.2) is 41.6 Å². The highest BCUT2D eigenvalue weighted by molar-refractivity contribution is 6.35. The highest BCUT2D eigenvalue weighted by Crippen LogP contribution is 2.22. The maximum Gasteiger partial charge on any atom is 0.165 e. The number of halogens is 2. The van der Waals surface area contributed by atoms with Crippen molar-refractivity contribution in [1.82, 2.24) is 4.98 Å². The van der Waals surface area contributed by atoms with E-state index in [4.69, 9.17) is 27.9 Å². The number of anilines is 1. The zero-order valence-corrected chi connectivity index (χ0v) is 11.6. The van der Waals surface area contributed by atoms with E-state index in [0.717, 1.165) is 11.3 Å². The molecule has 0 atom stereocenters. The van der Waals surface area contributed by atoms with Crippen molar-refractivity contribution in [2.24, 2.45) is 5.10 Å². The second-order valence-electron chi connectivity index (χ2n) is 3.60. The number of hydrogen-bond donors (Lipinski definition) is 1. The Balaban J connectivity index is 2.11. The zero-order valence-electron chi connectivity index (χ0n) is 10.1. The molecule has 0 radical (unpaired) electrons. The lowest BCUT2D eigenvalue weighted by Crippen LogP contribution is -1.96. The molecule has 1 heterocycles. The fraction of sp³-hybridized carbons (Fsp3) is 0.0769. The second-order valence-corrected chi connectivity index (χ2v) is 4.44. The van der Waals surface area contributed by atoms with Gasteiger partial charge in [-0.25, -0.2) is 4.98 Å². The predicted molar refractivity (Wildman–Crippen MR) is 78.5 cm³/mol. The van der Waals surface area contributed by atoms with Crippen molar-refractivity contribution in [3.05, 3.63) is 52.1 Å². The Morgan fingerprint density at radius 1 is 1.32 bits per heavy atom. The van der Waals surface area contributed by atoms with Crippen LogP contribution >= 0.6 is 23.2 Å². The summed E-state index contributed by atoms with van der Waals surface area (Å²) >= 11 is 11.7. The first-order valence-electron chi connectivity index (χ1n) is 5.44. The molecule has 0 spiro atoms. The van der Waals surface area contributed by atoms with Crippen LogP contribution in [0.25, 0.3) is 0 Å². The molecule has 1 aromatic carbocycles. The van der Waals surface area contributed by atoms with Gasteiger partial charge in [-0.1, -0.05) is 35.3 Å². The number of nitrogens with zero attached hydrogens (tertiary/aromatic N) is 2. The highest BCUT2D eigenvalue weighted by atomic mass is 35.5. The average molecular weight is 296 g/mol. The van der Waals surface area contributed by atoms with Gasteiger partial charge in [-0.3, -0.25) is 5.43 Å². The number of benzene rings is 1. The van der Waals surface area contributed by atoms with E-state index < -0.39 is 0 Å². The minimum atomic E-state index is 0.407. The molecule has 0 unspecified atom stereocenters. The minimum Gasteiger partial charge on any atom is -0.496 e. The minimum absolute atomic E-state index is 0.407. The van der Waals surface area contributed by atoms with Gasteiger partial charge in [0.25, 0.3) is 0 Å². The molecule has 0 amide bonds. The number of nitrogens with one attached hydrogen (secondary N) is 1. The van der Waals surface area contributed by atoms with Gasteiger partial charge in [-0.15, -0.1) is 0 Å². The van der Waals surface area contributed by atoms with Crippen LogP contribution in [-0.2, 0) is 0 Å². The third kappa shape index (κ3) is 3.59. The second kappa shape index (κ2) is 6.41. The molecule has 19 heavy (non-hydrogen) atoms. The summed E-state index contributed by atoms with van der Waals surface area (Å²) in [5.74, 6) is 1.18. The van der Waals surface area contributed by atoms with E-state index in [9.17, 15) is 0 Å². The van der Waals surface area contributed by atoms with Gasteiger partial charge in [-0.05, 0) is 18.2 Å². The number of aromatic nitrogens is 1. The van der Waals surface area contributed by atoms with Gasteiger partial charge in [-0.2, -0.15) is 5.10 Å². The van der Waals surface area contributed by atoms with Gasteiger partial charge >= 0.3 is 0 Å². The normalized spacial score (nSPS) is 10.7. The molecule has 1 aromatic heterocycles. The molecule has 4 nitrogen and oxygen atoms in total. The van der Waals surface area contributed by atoms with E-state index in [1.165, 1.54) is 6.20 Å². The summed E-state index contributed by atoms with van der Waals surface area (Å²) in [6.07, 6.45) is 3.12. The first-order valence-corrected chi connectivity index (χ1v) is 6.19. The summed E-state index contributed by atoms with van der Waals surface area (Å²) < 4.78 is 5.21. The smallest absolute Gasteiger partial charge is 0.165 e. The van der Waals surface area contributed by atoms with Crippen LogP contribution in [0.2, 0.25) is 10.0 Å². The lowest BCUT2D eigenvalue weighted by atomic mass is 10.2. The molecular weight excluding hydrogens is 285 g/mol. The molecule has 0 saturated heterocycles. The largest absolute Gasteiger partial charge is 0.496 e. The molecule has 2 aromatic rings. The molecule has 0 fully saturated rings. The van der Waals surface area contributed by atoms with Crippen LogP contribution in [-0.4, -0.2) is 18.3 Å². The van der Waals surface area contributed by atoms with Crippen molar-refractivity contribution >= 4 is 35.2 Å². The van der Waals surface area contributed by atoms with Gasteiger partial charge in [0.1, 0.15) is 5.75 Å². The first-order chi connectivity index (χ1) is 9.20. The fourth-order valence-electron chi connectivity index (χ4n) is 1.43. The Morgan fingerprint density at radius 3 is 2.84 bits per heavy atom. The molecule has 0 saturated carbocycles. The third-order valence-electron chi connectivity index (χ3n) is 2.32. The SMILES string of the molecule is COc1ccccc1/C=N/Nc1ncc(Cl)cc1Cl. The van der Waals surface area contributed by atoms with Crippen LogP contribution in [0, 0.1) is 0 Å². The molecule has 1 N–H and O–H groups in total. The predicted octanol–water partition coefficient (Wildman–Crippen LogP) is 3.84. The Labute approximate surface area is 121 Å².